The van der Waals surface area contributed by atoms with Gasteiger partial charge in [0.2, 0.25) is 0 Å². The number of nitrogen functional groups attached to an aromatic ring is 1. The van der Waals surface area contributed by atoms with Crippen LogP contribution in [0.15, 0.2) is 18.2 Å². The molecule has 0 aliphatic carbocycles. The van der Waals surface area contributed by atoms with Crippen molar-refractivity contribution in [1.29, 1.82) is 0 Å². The summed E-state index contributed by atoms with van der Waals surface area (Å²) in [5.74, 6) is 0. The van der Waals surface area contributed by atoms with E-state index in [0.29, 0.717) is 5.69 Å². The summed E-state index contributed by atoms with van der Waals surface area (Å²) in [4.78, 5) is 0. The molecule has 6 heteroatoms. The maximum absolute atomic E-state index is 11.1. The minimum Gasteiger partial charge on any atom is -0.399 e. The van der Waals surface area contributed by atoms with Crippen LogP contribution in [0.2, 0.25) is 0 Å². The lowest BCUT2D eigenvalue weighted by Gasteiger charge is -2.12. The molecule has 0 spiro atoms. The molecule has 0 amide bonds. The fourth-order valence-electron chi connectivity index (χ4n) is 1.16. The van der Waals surface area contributed by atoms with E-state index in [1.807, 2.05) is 13.0 Å². The van der Waals surface area contributed by atoms with Crippen LogP contribution in [0.3, 0.4) is 0 Å². The molecule has 5 N–H and O–H groups in total. The Morgan fingerprint density at radius 3 is 2.56 bits per heavy atom. The maximum atomic E-state index is 11.1. The molecule has 0 saturated heterocycles. The lowest BCUT2D eigenvalue weighted by atomic mass is 10.2. The molecule has 1 unspecified atom stereocenters. The highest BCUT2D eigenvalue weighted by atomic mass is 32.2. The van der Waals surface area contributed by atoms with Gasteiger partial charge in [-0.25, -0.2) is 8.42 Å². The highest BCUT2D eigenvalue weighted by molar-refractivity contribution is 7.91. The molecule has 1 aromatic rings. The van der Waals surface area contributed by atoms with Crippen LogP contribution in [0.5, 0.6) is 0 Å². The third-order valence-corrected chi connectivity index (χ3v) is 3.59. The smallest absolute Gasteiger partial charge is 0.164 e. The quantitative estimate of drug-likeness (QED) is 0.661. The van der Waals surface area contributed by atoms with Gasteiger partial charge in [0.1, 0.15) is 5.37 Å². The number of rotatable bonds is 4. The molecule has 5 nitrogen and oxygen atoms in total. The van der Waals surface area contributed by atoms with E-state index in [-0.39, 0.29) is 6.54 Å². The largest absolute Gasteiger partial charge is 0.399 e. The van der Waals surface area contributed by atoms with Crippen molar-refractivity contribution >= 4 is 21.2 Å². The summed E-state index contributed by atoms with van der Waals surface area (Å²) >= 11 is 0. The molecule has 90 valence electrons. The predicted octanol–water partition coefficient (Wildman–Crippen LogP) is 0.319. The van der Waals surface area contributed by atoms with Gasteiger partial charge in [0, 0.05) is 24.2 Å². The average Bonchev–Trinajstić information content (AvgIpc) is 2.18. The molecule has 0 bridgehead atoms. The zero-order valence-electron chi connectivity index (χ0n) is 9.40. The van der Waals surface area contributed by atoms with E-state index in [0.717, 1.165) is 17.5 Å². The van der Waals surface area contributed by atoms with E-state index < -0.39 is 15.2 Å². The van der Waals surface area contributed by atoms with Gasteiger partial charge in [-0.3, -0.25) is 0 Å². The summed E-state index contributed by atoms with van der Waals surface area (Å²) in [6, 6.07) is 5.41. The number of nitrogens with two attached hydrogens (primary N) is 2. The molecule has 0 heterocycles. The average molecular weight is 243 g/mol. The van der Waals surface area contributed by atoms with Gasteiger partial charge in [0.05, 0.1) is 0 Å². The van der Waals surface area contributed by atoms with Crippen molar-refractivity contribution in [2.45, 2.75) is 12.3 Å². The van der Waals surface area contributed by atoms with Gasteiger partial charge >= 0.3 is 0 Å². The third kappa shape index (κ3) is 3.39. The Morgan fingerprint density at radius 2 is 2.06 bits per heavy atom. The first-order valence-corrected chi connectivity index (χ1v) is 6.80. The number of aryl methyl sites for hydroxylation is 1. The maximum Gasteiger partial charge on any atom is 0.164 e. The first kappa shape index (κ1) is 12.8. The molecule has 16 heavy (non-hydrogen) atoms. The van der Waals surface area contributed by atoms with E-state index in [9.17, 15) is 8.42 Å². The van der Waals surface area contributed by atoms with Crippen molar-refractivity contribution < 1.29 is 8.42 Å². The lowest BCUT2D eigenvalue weighted by molar-refractivity contribution is 0.589. The van der Waals surface area contributed by atoms with Gasteiger partial charge in [0.25, 0.3) is 0 Å². The van der Waals surface area contributed by atoms with Crippen molar-refractivity contribution in [2.24, 2.45) is 5.73 Å². The molecule has 1 aromatic carbocycles. The molecule has 0 saturated carbocycles. The lowest BCUT2D eigenvalue weighted by Crippen LogP contribution is -2.36. The van der Waals surface area contributed by atoms with Crippen LogP contribution in [0.25, 0.3) is 0 Å². The monoisotopic (exact) mass is 243 g/mol. The van der Waals surface area contributed by atoms with Crippen molar-refractivity contribution in [3.63, 3.8) is 0 Å². The van der Waals surface area contributed by atoms with Crippen LogP contribution in [-0.2, 0) is 9.84 Å². The molecule has 0 aliphatic heterocycles. The predicted molar refractivity (Wildman–Crippen MR) is 66.9 cm³/mol. The minimum atomic E-state index is -3.20. The molecule has 1 rings (SSSR count). The summed E-state index contributed by atoms with van der Waals surface area (Å²) in [6.45, 7) is 2.07. The minimum absolute atomic E-state index is 0.183. The summed E-state index contributed by atoms with van der Waals surface area (Å²) in [5, 5.41) is 2.06. The number of hydrogen-bond donors (Lipinski definition) is 3. The van der Waals surface area contributed by atoms with E-state index in [1.165, 1.54) is 0 Å². The second-order valence-electron chi connectivity index (χ2n) is 3.82. The van der Waals surface area contributed by atoms with Crippen molar-refractivity contribution in [2.75, 3.05) is 23.9 Å². The van der Waals surface area contributed by atoms with Crippen LogP contribution < -0.4 is 16.8 Å². The zero-order valence-corrected chi connectivity index (χ0v) is 10.2. The Balaban J connectivity index is 2.65. The third-order valence-electron chi connectivity index (χ3n) is 2.33. The fourth-order valence-corrected chi connectivity index (χ4v) is 1.54. The van der Waals surface area contributed by atoms with Gasteiger partial charge in [-0.2, -0.15) is 0 Å². The van der Waals surface area contributed by atoms with Crippen LogP contribution in [-0.4, -0.2) is 26.6 Å². The number of nitrogens with one attached hydrogen (secondary N) is 1. The number of sulfone groups is 1. The Morgan fingerprint density at radius 1 is 1.44 bits per heavy atom. The van der Waals surface area contributed by atoms with Gasteiger partial charge in [-0.1, -0.05) is 0 Å². The Hall–Kier alpha value is -1.27. The summed E-state index contributed by atoms with van der Waals surface area (Å²) in [7, 11) is -3.20. The molecule has 1 atom stereocenters. The molecular formula is C10H17N3O2S. The Labute approximate surface area is 95.7 Å². The van der Waals surface area contributed by atoms with Gasteiger partial charge < -0.3 is 16.8 Å². The fraction of sp³-hybridized carbons (Fsp3) is 0.400. The Bertz CT molecular complexity index is 471. The molecule has 0 fully saturated rings. The van der Waals surface area contributed by atoms with Gasteiger partial charge in [-0.05, 0) is 30.7 Å². The highest BCUT2D eigenvalue weighted by Crippen LogP contribution is 2.16. The standard InChI is InChI=1S/C10H17N3O2S/c1-7-5-8(3-4-9(7)11)13-6-10(12)16(2,14)15/h3-5,10,13H,6,11-12H2,1-2H3. The summed E-state index contributed by atoms with van der Waals surface area (Å²) in [5.41, 5.74) is 13.6. The highest BCUT2D eigenvalue weighted by Gasteiger charge is 2.14. The van der Waals surface area contributed by atoms with E-state index in [2.05, 4.69) is 5.32 Å². The Kier molecular flexibility index (Phi) is 3.77. The van der Waals surface area contributed by atoms with Crippen molar-refractivity contribution in [3.05, 3.63) is 23.8 Å². The topological polar surface area (TPSA) is 98.2 Å². The SMILES string of the molecule is Cc1cc(NCC(N)S(C)(=O)=O)ccc1N. The second-order valence-corrected chi connectivity index (χ2v) is 6.08. The first-order valence-electron chi connectivity index (χ1n) is 4.85. The summed E-state index contributed by atoms with van der Waals surface area (Å²) in [6.07, 6.45) is 1.12. The van der Waals surface area contributed by atoms with Gasteiger partial charge in [-0.15, -0.1) is 0 Å². The van der Waals surface area contributed by atoms with E-state index in [4.69, 9.17) is 11.5 Å². The summed E-state index contributed by atoms with van der Waals surface area (Å²) < 4.78 is 22.2. The van der Waals surface area contributed by atoms with E-state index in [1.54, 1.807) is 12.1 Å². The number of anilines is 2. The van der Waals surface area contributed by atoms with E-state index >= 15 is 0 Å². The zero-order chi connectivity index (χ0) is 12.3. The molecule has 0 aliphatic rings. The van der Waals surface area contributed by atoms with Crippen LogP contribution in [0, 0.1) is 6.92 Å². The number of hydrogen-bond acceptors (Lipinski definition) is 5. The number of benzene rings is 1. The first-order chi connectivity index (χ1) is 7.30. The van der Waals surface area contributed by atoms with Crippen molar-refractivity contribution in [1.82, 2.24) is 0 Å². The second kappa shape index (κ2) is 4.71. The molecule has 0 aromatic heterocycles. The van der Waals surface area contributed by atoms with Crippen LogP contribution in [0.1, 0.15) is 5.56 Å². The normalized spacial score (nSPS) is 13.4. The molecule has 0 radical (unpaired) electrons. The van der Waals surface area contributed by atoms with Gasteiger partial charge in [0.15, 0.2) is 9.84 Å². The van der Waals surface area contributed by atoms with Crippen LogP contribution in [0.4, 0.5) is 11.4 Å². The van der Waals surface area contributed by atoms with Crippen molar-refractivity contribution in [3.8, 4) is 0 Å². The molecular weight excluding hydrogens is 226 g/mol. The van der Waals surface area contributed by atoms with Crippen LogP contribution >= 0.6 is 0 Å².